The van der Waals surface area contributed by atoms with Crippen LogP contribution in [0.25, 0.3) is 0 Å². The van der Waals surface area contributed by atoms with Crippen molar-refractivity contribution in [2.45, 2.75) is 13.3 Å². The molecule has 0 radical (unpaired) electrons. The minimum Gasteiger partial charge on any atom is -0.497 e. The van der Waals surface area contributed by atoms with Crippen LogP contribution in [0.3, 0.4) is 0 Å². The van der Waals surface area contributed by atoms with Crippen LogP contribution >= 0.6 is 0 Å². The minimum atomic E-state index is -0.403. The molecule has 88 valence electrons. The molecule has 0 atom stereocenters. The molecular weight excluding hydrogens is 208 g/mol. The van der Waals surface area contributed by atoms with Gasteiger partial charge in [0.15, 0.2) is 0 Å². The molecule has 4 heteroatoms. The number of methoxy groups -OCH3 is 2. The third-order valence-electron chi connectivity index (χ3n) is 2.01. The van der Waals surface area contributed by atoms with Crippen LogP contribution in [0.15, 0.2) is 18.2 Å². The Morgan fingerprint density at radius 3 is 2.44 bits per heavy atom. The van der Waals surface area contributed by atoms with Gasteiger partial charge in [0.25, 0.3) is 0 Å². The minimum absolute atomic E-state index is 0.403. The van der Waals surface area contributed by atoms with Gasteiger partial charge in [0.2, 0.25) is 0 Å². The van der Waals surface area contributed by atoms with Crippen LogP contribution in [0, 0.1) is 0 Å². The zero-order chi connectivity index (χ0) is 12.0. The summed E-state index contributed by atoms with van der Waals surface area (Å²) in [4.78, 5) is 11.4. The van der Waals surface area contributed by atoms with Crippen LogP contribution in [0.2, 0.25) is 0 Å². The van der Waals surface area contributed by atoms with Gasteiger partial charge in [-0.1, -0.05) is 6.92 Å². The van der Waals surface area contributed by atoms with E-state index >= 15 is 0 Å². The number of esters is 1. The fraction of sp³-hybridized carbons (Fsp3) is 0.417. The largest absolute Gasteiger partial charge is 0.497 e. The van der Waals surface area contributed by atoms with Crippen LogP contribution in [-0.2, 0) is 4.74 Å². The Bertz CT molecular complexity index is 360. The first-order valence-corrected chi connectivity index (χ1v) is 5.11. The molecule has 4 nitrogen and oxygen atoms in total. The van der Waals surface area contributed by atoms with Crippen molar-refractivity contribution in [2.24, 2.45) is 0 Å². The summed E-state index contributed by atoms with van der Waals surface area (Å²) in [5.41, 5.74) is 0.424. The Balaban J connectivity index is 2.96. The lowest BCUT2D eigenvalue weighted by molar-refractivity contribution is 0.0600. The average molecular weight is 224 g/mol. The van der Waals surface area contributed by atoms with E-state index in [9.17, 15) is 4.79 Å². The molecule has 0 N–H and O–H groups in total. The van der Waals surface area contributed by atoms with Gasteiger partial charge in [-0.2, -0.15) is 0 Å². The van der Waals surface area contributed by atoms with Gasteiger partial charge in [-0.3, -0.25) is 0 Å². The van der Waals surface area contributed by atoms with Gasteiger partial charge >= 0.3 is 5.97 Å². The summed E-state index contributed by atoms with van der Waals surface area (Å²) >= 11 is 0. The molecule has 0 aromatic heterocycles. The molecule has 0 aliphatic carbocycles. The predicted molar refractivity (Wildman–Crippen MR) is 60.1 cm³/mol. The summed E-state index contributed by atoms with van der Waals surface area (Å²) in [7, 11) is 2.88. The first kappa shape index (κ1) is 12.4. The molecule has 16 heavy (non-hydrogen) atoms. The highest BCUT2D eigenvalue weighted by atomic mass is 16.5. The number of hydrogen-bond donors (Lipinski definition) is 0. The lowest BCUT2D eigenvalue weighted by Gasteiger charge is -2.09. The van der Waals surface area contributed by atoms with Gasteiger partial charge in [-0.15, -0.1) is 0 Å². The van der Waals surface area contributed by atoms with E-state index in [4.69, 9.17) is 9.47 Å². The lowest BCUT2D eigenvalue weighted by atomic mass is 10.2. The number of benzene rings is 1. The third kappa shape index (κ3) is 3.15. The number of ether oxygens (including phenoxy) is 3. The second-order valence-corrected chi connectivity index (χ2v) is 3.24. The summed E-state index contributed by atoms with van der Waals surface area (Å²) < 4.78 is 15.2. The van der Waals surface area contributed by atoms with Crippen molar-refractivity contribution in [1.29, 1.82) is 0 Å². The summed E-state index contributed by atoms with van der Waals surface area (Å²) in [6.07, 6.45) is 0.908. The van der Waals surface area contributed by atoms with Crippen LogP contribution < -0.4 is 9.47 Å². The van der Waals surface area contributed by atoms with Crippen LogP contribution in [0.5, 0.6) is 11.5 Å². The summed E-state index contributed by atoms with van der Waals surface area (Å²) in [5, 5.41) is 0. The van der Waals surface area contributed by atoms with Gasteiger partial charge in [0.1, 0.15) is 11.5 Å². The zero-order valence-corrected chi connectivity index (χ0v) is 9.78. The van der Waals surface area contributed by atoms with E-state index in [1.54, 1.807) is 25.3 Å². The fourth-order valence-corrected chi connectivity index (χ4v) is 1.23. The predicted octanol–water partition coefficient (Wildman–Crippen LogP) is 2.27. The monoisotopic (exact) mass is 224 g/mol. The molecule has 0 heterocycles. The summed E-state index contributed by atoms with van der Waals surface area (Å²) in [6, 6.07) is 5.00. The molecule has 0 aliphatic rings. The Kier molecular flexibility index (Phi) is 4.64. The molecule has 0 aliphatic heterocycles. The summed E-state index contributed by atoms with van der Waals surface area (Å²) in [6.45, 7) is 2.62. The highest BCUT2D eigenvalue weighted by Crippen LogP contribution is 2.23. The van der Waals surface area contributed by atoms with E-state index in [1.165, 1.54) is 7.11 Å². The van der Waals surface area contributed by atoms with Crippen LogP contribution in [-0.4, -0.2) is 26.8 Å². The van der Waals surface area contributed by atoms with Gasteiger partial charge < -0.3 is 14.2 Å². The van der Waals surface area contributed by atoms with Crippen molar-refractivity contribution in [1.82, 2.24) is 0 Å². The Morgan fingerprint density at radius 1 is 1.19 bits per heavy atom. The van der Waals surface area contributed by atoms with E-state index in [1.807, 2.05) is 6.92 Å². The number of hydrogen-bond acceptors (Lipinski definition) is 4. The smallest absolute Gasteiger partial charge is 0.338 e. The standard InChI is InChI=1S/C12H16O4/c1-4-5-16-11-7-9(12(13)15-3)6-10(8-11)14-2/h6-8H,4-5H2,1-3H3. The van der Waals surface area contributed by atoms with E-state index in [-0.39, 0.29) is 0 Å². The molecule has 0 unspecified atom stereocenters. The fourth-order valence-electron chi connectivity index (χ4n) is 1.23. The highest BCUT2D eigenvalue weighted by Gasteiger charge is 2.09. The average Bonchev–Trinajstić information content (AvgIpc) is 2.34. The van der Waals surface area contributed by atoms with Crippen molar-refractivity contribution in [3.05, 3.63) is 23.8 Å². The van der Waals surface area contributed by atoms with Crippen molar-refractivity contribution in [2.75, 3.05) is 20.8 Å². The summed E-state index contributed by atoms with van der Waals surface area (Å²) in [5.74, 6) is 0.788. The Hall–Kier alpha value is -1.71. The van der Waals surface area contributed by atoms with Crippen molar-refractivity contribution in [3.63, 3.8) is 0 Å². The first-order chi connectivity index (χ1) is 7.71. The van der Waals surface area contributed by atoms with Gasteiger partial charge in [0.05, 0.1) is 26.4 Å². The van der Waals surface area contributed by atoms with E-state index < -0.39 is 5.97 Å². The van der Waals surface area contributed by atoms with Crippen LogP contribution in [0.4, 0.5) is 0 Å². The van der Waals surface area contributed by atoms with E-state index in [0.717, 1.165) is 6.42 Å². The van der Waals surface area contributed by atoms with Gasteiger partial charge in [-0.05, 0) is 18.6 Å². The molecule has 1 aromatic carbocycles. The van der Waals surface area contributed by atoms with E-state index in [0.29, 0.717) is 23.7 Å². The molecule has 1 rings (SSSR count). The molecule has 0 spiro atoms. The Labute approximate surface area is 95.1 Å². The SMILES string of the molecule is CCCOc1cc(OC)cc(C(=O)OC)c1. The van der Waals surface area contributed by atoms with Gasteiger partial charge in [-0.25, -0.2) is 4.79 Å². The van der Waals surface area contributed by atoms with Crippen molar-refractivity contribution >= 4 is 5.97 Å². The Morgan fingerprint density at radius 2 is 1.88 bits per heavy atom. The second-order valence-electron chi connectivity index (χ2n) is 3.24. The molecule has 0 saturated heterocycles. The van der Waals surface area contributed by atoms with Gasteiger partial charge in [0, 0.05) is 6.07 Å². The quantitative estimate of drug-likeness (QED) is 0.720. The topological polar surface area (TPSA) is 44.8 Å². The van der Waals surface area contributed by atoms with Crippen LogP contribution in [0.1, 0.15) is 23.7 Å². The number of rotatable bonds is 5. The molecule has 0 bridgehead atoms. The maximum atomic E-state index is 11.4. The number of carbonyl (C=O) groups excluding carboxylic acids is 1. The third-order valence-corrected chi connectivity index (χ3v) is 2.01. The van der Waals surface area contributed by atoms with E-state index in [2.05, 4.69) is 4.74 Å². The maximum absolute atomic E-state index is 11.4. The molecule has 1 aromatic rings. The highest BCUT2D eigenvalue weighted by molar-refractivity contribution is 5.90. The number of carbonyl (C=O) groups is 1. The second kappa shape index (κ2) is 6.00. The molecule has 0 saturated carbocycles. The molecular formula is C12H16O4. The normalized spacial score (nSPS) is 9.69. The first-order valence-electron chi connectivity index (χ1n) is 5.11. The maximum Gasteiger partial charge on any atom is 0.338 e. The lowest BCUT2D eigenvalue weighted by Crippen LogP contribution is -2.03. The molecule has 0 amide bonds. The van der Waals surface area contributed by atoms with Crippen molar-refractivity contribution < 1.29 is 19.0 Å². The zero-order valence-electron chi connectivity index (χ0n) is 9.78. The van der Waals surface area contributed by atoms with Crippen molar-refractivity contribution in [3.8, 4) is 11.5 Å². The molecule has 0 fully saturated rings.